The molecule has 4 rings (SSSR count). The summed E-state index contributed by atoms with van der Waals surface area (Å²) in [6.45, 7) is 2.12. The van der Waals surface area contributed by atoms with Crippen LogP contribution in [-0.2, 0) is 0 Å². The van der Waals surface area contributed by atoms with Crippen LogP contribution in [0.1, 0.15) is 15.9 Å². The second-order valence-corrected chi connectivity index (χ2v) is 5.14. The van der Waals surface area contributed by atoms with E-state index in [1.54, 1.807) is 0 Å². The SMILES string of the molecule is Cc1cc2ccc3ccc(C=O)c4ccc(c1)c2c34. The maximum atomic E-state index is 11.2. The summed E-state index contributed by atoms with van der Waals surface area (Å²) in [6, 6.07) is 16.8. The van der Waals surface area contributed by atoms with Crippen molar-refractivity contribution in [3.8, 4) is 0 Å². The Morgan fingerprint density at radius 2 is 1.42 bits per heavy atom. The standard InChI is InChI=1S/C18H12O/c1-11-8-13-4-2-12-3-5-15(10-19)16-7-6-14(9-11)17(13)18(12)16/h2-10H,1H3. The second kappa shape index (κ2) is 3.55. The van der Waals surface area contributed by atoms with E-state index in [-0.39, 0.29) is 0 Å². The maximum absolute atomic E-state index is 11.2. The Kier molecular flexibility index (Phi) is 1.96. The number of rotatable bonds is 1. The number of benzene rings is 4. The van der Waals surface area contributed by atoms with Gasteiger partial charge in [-0.15, -0.1) is 0 Å². The highest BCUT2D eigenvalue weighted by atomic mass is 16.1. The second-order valence-electron chi connectivity index (χ2n) is 5.14. The van der Waals surface area contributed by atoms with Crippen LogP contribution in [0.3, 0.4) is 0 Å². The molecule has 0 bridgehead atoms. The Hall–Kier alpha value is -2.41. The molecule has 0 aliphatic heterocycles. The van der Waals surface area contributed by atoms with Gasteiger partial charge in [0.05, 0.1) is 0 Å². The smallest absolute Gasteiger partial charge is 0.150 e. The van der Waals surface area contributed by atoms with Gasteiger partial charge in [-0.1, -0.05) is 48.5 Å². The van der Waals surface area contributed by atoms with E-state index >= 15 is 0 Å². The predicted octanol–water partition coefficient (Wildman–Crippen LogP) is 4.70. The van der Waals surface area contributed by atoms with E-state index in [1.165, 1.54) is 32.5 Å². The van der Waals surface area contributed by atoms with Crippen LogP contribution in [0.2, 0.25) is 0 Å². The van der Waals surface area contributed by atoms with E-state index < -0.39 is 0 Å². The Bertz CT molecular complexity index is 916. The molecule has 4 aromatic rings. The number of aryl methyl sites for hydroxylation is 1. The van der Waals surface area contributed by atoms with Gasteiger partial charge in [-0.2, -0.15) is 0 Å². The lowest BCUT2D eigenvalue weighted by molar-refractivity contribution is 0.112. The van der Waals surface area contributed by atoms with Crippen LogP contribution < -0.4 is 0 Å². The van der Waals surface area contributed by atoms with Gasteiger partial charge in [0.15, 0.2) is 6.29 Å². The lowest BCUT2D eigenvalue weighted by Gasteiger charge is -2.12. The molecule has 0 heterocycles. The molecule has 0 unspecified atom stereocenters. The lowest BCUT2D eigenvalue weighted by Crippen LogP contribution is -1.89. The molecule has 1 nitrogen and oxygen atoms in total. The van der Waals surface area contributed by atoms with Crippen LogP contribution in [0.5, 0.6) is 0 Å². The van der Waals surface area contributed by atoms with Crippen molar-refractivity contribution in [1.82, 2.24) is 0 Å². The van der Waals surface area contributed by atoms with Gasteiger partial charge in [0.2, 0.25) is 0 Å². The Morgan fingerprint density at radius 3 is 2.16 bits per heavy atom. The van der Waals surface area contributed by atoms with E-state index in [2.05, 4.69) is 43.3 Å². The van der Waals surface area contributed by atoms with Crippen LogP contribution in [0, 0.1) is 6.92 Å². The van der Waals surface area contributed by atoms with Gasteiger partial charge in [-0.3, -0.25) is 4.79 Å². The van der Waals surface area contributed by atoms with Crippen LogP contribution >= 0.6 is 0 Å². The van der Waals surface area contributed by atoms with Gasteiger partial charge >= 0.3 is 0 Å². The summed E-state index contributed by atoms with van der Waals surface area (Å²) in [6.07, 6.45) is 0.942. The normalized spacial score (nSPS) is 11.6. The molecule has 0 saturated carbocycles. The summed E-state index contributed by atoms with van der Waals surface area (Å²) >= 11 is 0. The number of hydrogen-bond acceptors (Lipinski definition) is 1. The summed E-state index contributed by atoms with van der Waals surface area (Å²) in [5.41, 5.74) is 2.03. The fraction of sp³-hybridized carbons (Fsp3) is 0.0556. The highest BCUT2D eigenvalue weighted by molar-refractivity contribution is 6.25. The third-order valence-corrected chi connectivity index (χ3v) is 3.90. The predicted molar refractivity (Wildman–Crippen MR) is 80.3 cm³/mol. The molecule has 0 atom stereocenters. The molecule has 0 saturated heterocycles. The van der Waals surface area contributed by atoms with Gasteiger partial charge in [-0.05, 0) is 44.8 Å². The van der Waals surface area contributed by atoms with Gasteiger partial charge in [0, 0.05) is 5.56 Å². The van der Waals surface area contributed by atoms with Crippen LogP contribution in [0.15, 0.2) is 48.5 Å². The van der Waals surface area contributed by atoms with Crippen molar-refractivity contribution in [2.75, 3.05) is 0 Å². The monoisotopic (exact) mass is 244 g/mol. The summed E-state index contributed by atoms with van der Waals surface area (Å²) < 4.78 is 0. The molecule has 1 heteroatoms. The molecule has 0 fully saturated rings. The number of aldehydes is 1. The molecule has 0 N–H and O–H groups in total. The number of carbonyl (C=O) groups excluding carboxylic acids is 1. The van der Waals surface area contributed by atoms with Crippen molar-refractivity contribution >= 4 is 38.6 Å². The molecular formula is C18H12O. The Balaban J connectivity index is 2.40. The third kappa shape index (κ3) is 1.33. The molecule has 0 amide bonds. The van der Waals surface area contributed by atoms with Crippen molar-refractivity contribution in [1.29, 1.82) is 0 Å². The zero-order valence-electron chi connectivity index (χ0n) is 10.6. The van der Waals surface area contributed by atoms with E-state index in [0.717, 1.165) is 17.2 Å². The van der Waals surface area contributed by atoms with Crippen molar-refractivity contribution in [3.63, 3.8) is 0 Å². The van der Waals surface area contributed by atoms with Gasteiger partial charge in [0.1, 0.15) is 0 Å². The first-order valence-electron chi connectivity index (χ1n) is 6.41. The van der Waals surface area contributed by atoms with E-state index in [9.17, 15) is 4.79 Å². The van der Waals surface area contributed by atoms with Gasteiger partial charge in [0.25, 0.3) is 0 Å². The lowest BCUT2D eigenvalue weighted by atomic mass is 9.91. The molecule has 0 aromatic heterocycles. The van der Waals surface area contributed by atoms with Crippen LogP contribution in [-0.4, -0.2) is 6.29 Å². The van der Waals surface area contributed by atoms with Crippen molar-refractivity contribution in [3.05, 3.63) is 59.7 Å². The minimum Gasteiger partial charge on any atom is -0.298 e. The van der Waals surface area contributed by atoms with E-state index in [4.69, 9.17) is 0 Å². The average molecular weight is 244 g/mol. The fourth-order valence-electron chi connectivity index (χ4n) is 3.10. The quantitative estimate of drug-likeness (QED) is 0.350. The first kappa shape index (κ1) is 10.5. The number of hydrogen-bond donors (Lipinski definition) is 0. The largest absolute Gasteiger partial charge is 0.298 e. The van der Waals surface area contributed by atoms with Crippen molar-refractivity contribution in [2.24, 2.45) is 0 Å². The molecule has 0 spiro atoms. The van der Waals surface area contributed by atoms with Crippen LogP contribution in [0.4, 0.5) is 0 Å². The molecule has 90 valence electrons. The average Bonchev–Trinajstić information content (AvgIpc) is 2.43. The topological polar surface area (TPSA) is 17.1 Å². The molecular weight excluding hydrogens is 232 g/mol. The molecule has 0 aliphatic rings. The first-order chi connectivity index (χ1) is 9.28. The molecule has 4 aromatic carbocycles. The summed E-state index contributed by atoms with van der Waals surface area (Å²) in [5.74, 6) is 0. The number of carbonyl (C=O) groups is 1. The summed E-state index contributed by atoms with van der Waals surface area (Å²) in [7, 11) is 0. The van der Waals surface area contributed by atoms with Gasteiger partial charge in [-0.25, -0.2) is 0 Å². The zero-order valence-corrected chi connectivity index (χ0v) is 10.6. The van der Waals surface area contributed by atoms with E-state index in [0.29, 0.717) is 0 Å². The highest BCUT2D eigenvalue weighted by Gasteiger charge is 2.10. The molecule has 0 radical (unpaired) electrons. The zero-order chi connectivity index (χ0) is 13.0. The van der Waals surface area contributed by atoms with Crippen molar-refractivity contribution < 1.29 is 4.79 Å². The van der Waals surface area contributed by atoms with Crippen LogP contribution in [0.25, 0.3) is 32.3 Å². The summed E-state index contributed by atoms with van der Waals surface area (Å²) in [5, 5.41) is 7.22. The maximum Gasteiger partial charge on any atom is 0.150 e. The minimum absolute atomic E-state index is 0.766. The van der Waals surface area contributed by atoms with Crippen molar-refractivity contribution in [2.45, 2.75) is 6.92 Å². The molecule has 0 aliphatic carbocycles. The Morgan fingerprint density at radius 1 is 0.789 bits per heavy atom. The summed E-state index contributed by atoms with van der Waals surface area (Å²) in [4.78, 5) is 11.2. The first-order valence-corrected chi connectivity index (χ1v) is 6.41. The van der Waals surface area contributed by atoms with E-state index in [1.807, 2.05) is 12.1 Å². The third-order valence-electron chi connectivity index (χ3n) is 3.90. The minimum atomic E-state index is 0.766. The van der Waals surface area contributed by atoms with Gasteiger partial charge < -0.3 is 0 Å². The Labute approximate surface area is 110 Å². The molecule has 19 heavy (non-hydrogen) atoms. The fourth-order valence-corrected chi connectivity index (χ4v) is 3.10. The highest BCUT2D eigenvalue weighted by Crippen LogP contribution is 2.36.